The predicted octanol–water partition coefficient (Wildman–Crippen LogP) is 2.31. The lowest BCUT2D eigenvalue weighted by molar-refractivity contribution is -0.192. The number of carbonyl (C=O) groups is 1. The van der Waals surface area contributed by atoms with Crippen molar-refractivity contribution in [3.8, 4) is 16.9 Å². The number of aliphatic carboxylic acids is 1. The summed E-state index contributed by atoms with van der Waals surface area (Å²) < 4.78 is 82.0. The molecule has 0 spiro atoms. The number of carboxylic acids is 1. The first-order valence-electron chi connectivity index (χ1n) is 9.61. The van der Waals surface area contributed by atoms with Crippen LogP contribution in [0.4, 0.5) is 22.0 Å². The zero-order valence-electron chi connectivity index (χ0n) is 18.3. The maximum Gasteiger partial charge on any atom is 0.490 e. The fraction of sp³-hybridized carbons (Fsp3) is 0.200. The van der Waals surface area contributed by atoms with Crippen LogP contribution in [0.15, 0.2) is 63.9 Å². The number of hydrogen-bond donors (Lipinski definition) is 3. The van der Waals surface area contributed by atoms with E-state index in [-0.39, 0.29) is 29.3 Å². The number of benzene rings is 1. The van der Waals surface area contributed by atoms with Gasteiger partial charge in [0.2, 0.25) is 0 Å². The van der Waals surface area contributed by atoms with Gasteiger partial charge in [0.15, 0.2) is 9.84 Å². The second-order valence-corrected chi connectivity index (χ2v) is 9.04. The van der Waals surface area contributed by atoms with Crippen LogP contribution < -0.4 is 11.4 Å². The molecule has 3 aromatic rings. The molecule has 0 fully saturated rings. The van der Waals surface area contributed by atoms with Crippen LogP contribution in [0.5, 0.6) is 0 Å². The molecule has 0 atom stereocenters. The van der Waals surface area contributed by atoms with Gasteiger partial charge in [-0.1, -0.05) is 12.1 Å². The number of carboxylic acid groups (broad SMARTS) is 1. The van der Waals surface area contributed by atoms with Gasteiger partial charge in [-0.3, -0.25) is 4.98 Å². The van der Waals surface area contributed by atoms with Crippen LogP contribution in [0.25, 0.3) is 16.9 Å². The van der Waals surface area contributed by atoms with E-state index in [2.05, 4.69) is 15.2 Å². The Labute approximate surface area is 199 Å². The first kappa shape index (κ1) is 28.3. The Bertz CT molecular complexity index is 1430. The Morgan fingerprint density at radius 1 is 1.17 bits per heavy atom. The summed E-state index contributed by atoms with van der Waals surface area (Å²) in [6.07, 6.45) is -4.72. The van der Waals surface area contributed by atoms with E-state index < -0.39 is 33.8 Å². The van der Waals surface area contributed by atoms with Crippen molar-refractivity contribution < 1.29 is 40.3 Å². The van der Waals surface area contributed by atoms with Gasteiger partial charge in [-0.05, 0) is 24.3 Å². The summed E-state index contributed by atoms with van der Waals surface area (Å²) in [4.78, 5) is 25.5. The van der Waals surface area contributed by atoms with Gasteiger partial charge in [0, 0.05) is 36.6 Å². The third-order valence-electron chi connectivity index (χ3n) is 4.45. The number of halogens is 5. The summed E-state index contributed by atoms with van der Waals surface area (Å²) in [5.41, 5.74) is 5.88. The van der Waals surface area contributed by atoms with Crippen molar-refractivity contribution in [1.29, 1.82) is 0 Å². The van der Waals surface area contributed by atoms with E-state index >= 15 is 0 Å². The summed E-state index contributed by atoms with van der Waals surface area (Å²) in [7, 11) is -3.33. The molecular formula is C20H18F5N5O5S. The highest BCUT2D eigenvalue weighted by atomic mass is 32.2. The van der Waals surface area contributed by atoms with Gasteiger partial charge in [-0.15, -0.1) is 0 Å². The lowest BCUT2D eigenvalue weighted by Gasteiger charge is -2.09. The molecule has 36 heavy (non-hydrogen) atoms. The maximum absolute atomic E-state index is 12.9. The first-order chi connectivity index (χ1) is 16.6. The van der Waals surface area contributed by atoms with Crippen LogP contribution in [0.2, 0.25) is 0 Å². The average molecular weight is 535 g/mol. The van der Waals surface area contributed by atoms with E-state index in [0.717, 1.165) is 10.8 Å². The Balaban J connectivity index is 0.000000572. The third-order valence-corrected chi connectivity index (χ3v) is 5.58. The van der Waals surface area contributed by atoms with Gasteiger partial charge < -0.3 is 10.8 Å². The summed E-state index contributed by atoms with van der Waals surface area (Å²) in [6.45, 7) is -0.363. The van der Waals surface area contributed by atoms with Crippen molar-refractivity contribution in [2.75, 3.05) is 12.8 Å². The molecule has 10 nitrogen and oxygen atoms in total. The lowest BCUT2D eigenvalue weighted by atomic mass is 10.1. The number of nitrogens with zero attached hydrogens (tertiary/aromatic N) is 3. The molecule has 0 aliphatic rings. The highest BCUT2D eigenvalue weighted by Crippen LogP contribution is 2.22. The van der Waals surface area contributed by atoms with E-state index in [9.17, 15) is 35.2 Å². The zero-order valence-corrected chi connectivity index (χ0v) is 19.1. The Kier molecular flexibility index (Phi) is 8.82. The molecule has 3 rings (SSSR count). The van der Waals surface area contributed by atoms with Crippen LogP contribution in [0.3, 0.4) is 0 Å². The van der Waals surface area contributed by atoms with Gasteiger partial charge in [0.25, 0.3) is 6.08 Å². The van der Waals surface area contributed by atoms with E-state index in [1.54, 1.807) is 18.2 Å². The molecule has 4 N–H and O–H groups in total. The normalized spacial score (nSPS) is 11.4. The smallest absolute Gasteiger partial charge is 0.475 e. The van der Waals surface area contributed by atoms with E-state index in [4.69, 9.17) is 15.6 Å². The molecule has 2 heterocycles. The molecule has 0 aliphatic carbocycles. The van der Waals surface area contributed by atoms with Gasteiger partial charge in [-0.25, -0.2) is 27.7 Å². The molecule has 16 heteroatoms. The SMILES string of the molecule is CS(=O)(=O)c1ccc(-c2cc(-n3c(CC(CN)=C(F)F)n[nH]c3=O)ccn2)cc1.O=C(O)C(F)(F)F. The van der Waals surface area contributed by atoms with Gasteiger partial charge in [-0.2, -0.15) is 27.1 Å². The quantitative estimate of drug-likeness (QED) is 0.405. The number of pyridine rings is 1. The molecule has 0 radical (unpaired) electrons. The Morgan fingerprint density at radius 3 is 2.22 bits per heavy atom. The fourth-order valence-corrected chi connectivity index (χ4v) is 3.34. The molecular weight excluding hydrogens is 517 g/mol. The van der Waals surface area contributed by atoms with Crippen molar-refractivity contribution in [2.24, 2.45) is 5.73 Å². The topological polar surface area (TPSA) is 161 Å². The van der Waals surface area contributed by atoms with Crippen LogP contribution in [-0.4, -0.2) is 58.2 Å². The molecule has 0 amide bonds. The second kappa shape index (κ2) is 11.2. The summed E-state index contributed by atoms with van der Waals surface area (Å²) in [6, 6.07) is 9.21. The monoisotopic (exact) mass is 535 g/mol. The molecule has 0 bridgehead atoms. The zero-order chi connectivity index (χ0) is 27.3. The van der Waals surface area contributed by atoms with Crippen molar-refractivity contribution in [1.82, 2.24) is 19.7 Å². The highest BCUT2D eigenvalue weighted by molar-refractivity contribution is 7.90. The summed E-state index contributed by atoms with van der Waals surface area (Å²) >= 11 is 0. The van der Waals surface area contributed by atoms with Crippen LogP contribution in [0, 0.1) is 0 Å². The standard InChI is InChI=1S/C18H17F2N5O3S.C2HF3O2/c1-29(27,28)14-4-2-11(3-5-14)15-9-13(6-7-22-15)25-16(23-24-18(25)26)8-12(10-21)17(19)20;3-2(4,5)1(6)7/h2-7,9H,8,10,21H2,1H3,(H,24,26);(H,6,7). The van der Waals surface area contributed by atoms with Gasteiger partial charge in [0.1, 0.15) is 5.82 Å². The van der Waals surface area contributed by atoms with E-state index in [1.165, 1.54) is 24.4 Å². The molecule has 0 unspecified atom stereocenters. The first-order valence-corrected chi connectivity index (χ1v) is 11.5. The van der Waals surface area contributed by atoms with Crippen LogP contribution in [0.1, 0.15) is 5.82 Å². The minimum absolute atomic E-state index is 0.0767. The van der Waals surface area contributed by atoms with Crippen molar-refractivity contribution in [2.45, 2.75) is 17.5 Å². The maximum atomic E-state index is 12.9. The minimum Gasteiger partial charge on any atom is -0.475 e. The number of alkyl halides is 3. The highest BCUT2D eigenvalue weighted by Gasteiger charge is 2.38. The number of aromatic nitrogens is 4. The third kappa shape index (κ3) is 7.29. The van der Waals surface area contributed by atoms with Crippen LogP contribution >= 0.6 is 0 Å². The van der Waals surface area contributed by atoms with E-state index in [1.807, 2.05) is 0 Å². The summed E-state index contributed by atoms with van der Waals surface area (Å²) in [5, 5.41) is 13.2. The Morgan fingerprint density at radius 2 is 1.75 bits per heavy atom. The van der Waals surface area contributed by atoms with Crippen molar-refractivity contribution in [3.63, 3.8) is 0 Å². The van der Waals surface area contributed by atoms with Gasteiger partial charge in [0.05, 0.1) is 16.3 Å². The average Bonchev–Trinajstić information content (AvgIpc) is 3.16. The Hall–Kier alpha value is -3.92. The molecule has 194 valence electrons. The molecule has 0 saturated heterocycles. The number of nitrogens with two attached hydrogens (primary N) is 1. The van der Waals surface area contributed by atoms with Crippen molar-refractivity contribution in [3.05, 3.63) is 70.6 Å². The number of rotatable bonds is 6. The fourth-order valence-electron chi connectivity index (χ4n) is 2.71. The number of aromatic amines is 1. The number of hydrogen-bond acceptors (Lipinski definition) is 7. The van der Waals surface area contributed by atoms with Gasteiger partial charge >= 0.3 is 17.8 Å². The molecule has 0 aliphatic heterocycles. The van der Waals surface area contributed by atoms with Crippen molar-refractivity contribution >= 4 is 15.8 Å². The molecule has 1 aromatic carbocycles. The number of sulfone groups is 1. The van der Waals surface area contributed by atoms with Crippen LogP contribution in [-0.2, 0) is 21.1 Å². The number of H-pyrrole nitrogens is 1. The summed E-state index contributed by atoms with van der Waals surface area (Å²) in [5.74, 6) is -2.68. The second-order valence-electron chi connectivity index (χ2n) is 7.02. The van der Waals surface area contributed by atoms with E-state index in [0.29, 0.717) is 16.9 Å². The molecule has 0 saturated carbocycles. The molecule has 2 aromatic heterocycles. The predicted molar refractivity (Wildman–Crippen MR) is 116 cm³/mol. The minimum atomic E-state index is -5.08. The lowest BCUT2D eigenvalue weighted by Crippen LogP contribution is -2.21. The largest absolute Gasteiger partial charge is 0.490 e. The number of nitrogens with one attached hydrogen (secondary N) is 1.